The smallest absolute Gasteiger partial charge is 0.410 e. The minimum Gasteiger partial charge on any atom is -0.410 e. The van der Waals surface area contributed by atoms with E-state index in [1.165, 1.54) is 6.07 Å². The van der Waals surface area contributed by atoms with Gasteiger partial charge in [0.1, 0.15) is 11.9 Å². The van der Waals surface area contributed by atoms with Crippen LogP contribution >= 0.6 is 0 Å². The number of nitrogens with zero attached hydrogens (tertiary/aromatic N) is 1. The highest BCUT2D eigenvalue weighted by Gasteiger charge is 2.45. The van der Waals surface area contributed by atoms with E-state index in [0.29, 0.717) is 11.3 Å². The molecule has 0 saturated carbocycles. The van der Waals surface area contributed by atoms with E-state index in [4.69, 9.17) is 9.41 Å². The summed E-state index contributed by atoms with van der Waals surface area (Å²) in [6, 6.07) is 2.71. The molecule has 226 valence electrons. The average Bonchev–Trinajstić information content (AvgIpc) is 3.34. The van der Waals surface area contributed by atoms with Crippen molar-refractivity contribution in [3.05, 3.63) is 69.3 Å². The van der Waals surface area contributed by atoms with Crippen LogP contribution in [0.2, 0.25) is 18.1 Å². The number of aliphatic hydroxyl groups is 1. The molecule has 1 N–H and O–H groups in total. The van der Waals surface area contributed by atoms with Crippen molar-refractivity contribution in [2.75, 3.05) is 0 Å². The number of aromatic nitrogens is 1. The van der Waals surface area contributed by atoms with Crippen LogP contribution in [-0.4, -0.2) is 18.4 Å². The number of alkyl halides is 3. The zero-order valence-electron chi connectivity index (χ0n) is 25.9. The lowest BCUT2D eigenvalue weighted by molar-refractivity contribution is -0.140. The molecule has 1 heterocycles. The second-order valence-electron chi connectivity index (χ2n) is 14.5. The van der Waals surface area contributed by atoms with Gasteiger partial charge in [-0.3, -0.25) is 4.98 Å². The van der Waals surface area contributed by atoms with Crippen LogP contribution in [0.5, 0.6) is 0 Å². The van der Waals surface area contributed by atoms with E-state index in [1.807, 2.05) is 13.8 Å². The number of aliphatic hydroxyl groups excluding tert-OH is 1. The highest BCUT2D eigenvalue weighted by Crippen LogP contribution is 2.52. The lowest BCUT2D eigenvalue weighted by Crippen LogP contribution is -2.44. The zero-order chi connectivity index (χ0) is 30.7. The van der Waals surface area contributed by atoms with E-state index in [1.54, 1.807) is 0 Å². The standard InChI is InChI=1S/C33H45F4NO2Si/c1-19(2)29-28(30(39)21-14-15-22(23(34)16-21)33(35,36)37)26(20-12-10-11-13-20)27-24(38-29)17-32(6,7)18-25(27)40-41(8,9)31(3,4)5/h12,14-16,19,25,30,39H,10-11,13,17-18H2,1-9H3/t25?,30-/m1/s1. The number of rotatable bonds is 6. The zero-order valence-corrected chi connectivity index (χ0v) is 26.9. The summed E-state index contributed by atoms with van der Waals surface area (Å²) in [7, 11) is -2.23. The fraction of sp³-hybridized carbons (Fsp3) is 0.606. The predicted octanol–water partition coefficient (Wildman–Crippen LogP) is 10.0. The van der Waals surface area contributed by atoms with Crippen LogP contribution < -0.4 is 0 Å². The van der Waals surface area contributed by atoms with Gasteiger partial charge in [-0.25, -0.2) is 4.39 Å². The molecule has 0 amide bonds. The van der Waals surface area contributed by atoms with Crippen LogP contribution in [0.1, 0.15) is 131 Å². The van der Waals surface area contributed by atoms with E-state index >= 15 is 0 Å². The van der Waals surface area contributed by atoms with Gasteiger partial charge in [-0.1, -0.05) is 60.6 Å². The molecule has 0 radical (unpaired) electrons. The maximum Gasteiger partial charge on any atom is 0.419 e. The number of fused-ring (bicyclic) bond motifs is 1. The molecule has 41 heavy (non-hydrogen) atoms. The van der Waals surface area contributed by atoms with Crippen LogP contribution in [0, 0.1) is 11.2 Å². The van der Waals surface area contributed by atoms with E-state index < -0.39 is 32.0 Å². The Morgan fingerprint density at radius 1 is 1.12 bits per heavy atom. The van der Waals surface area contributed by atoms with Crippen molar-refractivity contribution in [2.24, 2.45) is 5.41 Å². The van der Waals surface area contributed by atoms with E-state index in [9.17, 15) is 22.7 Å². The molecule has 2 aliphatic rings. The lowest BCUT2D eigenvalue weighted by Gasteiger charge is -2.45. The van der Waals surface area contributed by atoms with Crippen LogP contribution in [0.3, 0.4) is 0 Å². The summed E-state index contributed by atoms with van der Waals surface area (Å²) in [5, 5.41) is 11.9. The van der Waals surface area contributed by atoms with E-state index in [0.717, 1.165) is 66.6 Å². The Bertz CT molecular complexity index is 1340. The molecular formula is C33H45F4NO2Si. The third-order valence-corrected chi connectivity index (χ3v) is 13.6. The fourth-order valence-electron chi connectivity index (χ4n) is 5.99. The van der Waals surface area contributed by atoms with Gasteiger partial charge in [0.05, 0.1) is 11.7 Å². The highest BCUT2D eigenvalue weighted by atomic mass is 28.4. The number of benzene rings is 1. The largest absolute Gasteiger partial charge is 0.419 e. The van der Waals surface area contributed by atoms with Crippen molar-refractivity contribution >= 4 is 13.9 Å². The topological polar surface area (TPSA) is 42.4 Å². The minimum absolute atomic E-state index is 0.0209. The van der Waals surface area contributed by atoms with Gasteiger partial charge >= 0.3 is 6.18 Å². The molecule has 0 bridgehead atoms. The Kier molecular flexibility index (Phi) is 8.49. The number of hydrogen-bond acceptors (Lipinski definition) is 3. The van der Waals surface area contributed by atoms with Crippen LogP contribution in [0.15, 0.2) is 24.3 Å². The summed E-state index contributed by atoms with van der Waals surface area (Å²) in [5.41, 5.74) is 3.91. The summed E-state index contributed by atoms with van der Waals surface area (Å²) >= 11 is 0. The van der Waals surface area contributed by atoms with Crippen molar-refractivity contribution in [1.29, 1.82) is 0 Å². The first-order valence-corrected chi connectivity index (χ1v) is 17.6. The molecule has 2 aliphatic carbocycles. The fourth-order valence-corrected chi connectivity index (χ4v) is 7.25. The highest BCUT2D eigenvalue weighted by molar-refractivity contribution is 6.74. The summed E-state index contributed by atoms with van der Waals surface area (Å²) in [6.45, 7) is 19.6. The van der Waals surface area contributed by atoms with Gasteiger partial charge in [-0.05, 0) is 90.4 Å². The summed E-state index contributed by atoms with van der Waals surface area (Å²) in [5.74, 6) is -1.47. The van der Waals surface area contributed by atoms with Crippen LogP contribution in [0.4, 0.5) is 17.6 Å². The van der Waals surface area contributed by atoms with Gasteiger partial charge in [-0.2, -0.15) is 13.2 Å². The van der Waals surface area contributed by atoms with Gasteiger partial charge in [0.25, 0.3) is 0 Å². The second kappa shape index (κ2) is 10.9. The lowest BCUT2D eigenvalue weighted by atomic mass is 9.71. The Hall–Kier alpha value is -2.03. The summed E-state index contributed by atoms with van der Waals surface area (Å²) in [6.07, 6.45) is 0.0606. The Balaban J connectivity index is 2.01. The van der Waals surface area contributed by atoms with Gasteiger partial charge in [-0.15, -0.1) is 0 Å². The maximum atomic E-state index is 14.7. The summed E-state index contributed by atoms with van der Waals surface area (Å²) < 4.78 is 61.8. The number of allylic oxidation sites excluding steroid dienone is 2. The Morgan fingerprint density at radius 3 is 2.29 bits per heavy atom. The molecule has 0 fully saturated rings. The Morgan fingerprint density at radius 2 is 1.78 bits per heavy atom. The number of hydrogen-bond donors (Lipinski definition) is 1. The van der Waals surface area contributed by atoms with Gasteiger partial charge in [0.15, 0.2) is 8.32 Å². The van der Waals surface area contributed by atoms with Crippen LogP contribution in [-0.2, 0) is 17.0 Å². The first-order valence-electron chi connectivity index (χ1n) is 14.7. The molecule has 1 unspecified atom stereocenters. The van der Waals surface area contributed by atoms with Crippen molar-refractivity contribution in [3.8, 4) is 0 Å². The minimum atomic E-state index is -4.81. The molecule has 1 aromatic heterocycles. The molecule has 2 atom stereocenters. The normalized spacial score (nSPS) is 20.3. The predicted molar refractivity (Wildman–Crippen MR) is 159 cm³/mol. The second-order valence-corrected chi connectivity index (χ2v) is 19.2. The van der Waals surface area contributed by atoms with E-state index in [-0.39, 0.29) is 28.0 Å². The van der Waals surface area contributed by atoms with Gasteiger partial charge in [0.2, 0.25) is 0 Å². The van der Waals surface area contributed by atoms with Crippen molar-refractivity contribution in [3.63, 3.8) is 0 Å². The molecule has 3 nitrogen and oxygen atoms in total. The average molecular weight is 592 g/mol. The molecule has 0 saturated heterocycles. The molecular weight excluding hydrogens is 546 g/mol. The monoisotopic (exact) mass is 591 g/mol. The molecule has 1 aromatic carbocycles. The van der Waals surface area contributed by atoms with Crippen molar-refractivity contribution in [2.45, 2.75) is 123 Å². The maximum absolute atomic E-state index is 14.7. The Labute approximate surface area is 243 Å². The van der Waals surface area contributed by atoms with Crippen molar-refractivity contribution < 1.29 is 27.1 Å². The van der Waals surface area contributed by atoms with Gasteiger partial charge in [0, 0.05) is 22.5 Å². The molecule has 4 rings (SSSR count). The van der Waals surface area contributed by atoms with Crippen LogP contribution in [0.25, 0.3) is 5.57 Å². The number of pyridine rings is 1. The summed E-state index contributed by atoms with van der Waals surface area (Å²) in [4.78, 5) is 5.18. The molecule has 2 aromatic rings. The SMILES string of the molecule is CC(C)c1nc2c(c(C3=CCCC3)c1[C@H](O)c1ccc(C(F)(F)F)c(F)c1)C(O[Si](C)(C)C(C)(C)C)CC(C)(C)C2. The third kappa shape index (κ3) is 6.35. The van der Waals surface area contributed by atoms with Crippen molar-refractivity contribution in [1.82, 2.24) is 4.98 Å². The van der Waals surface area contributed by atoms with Gasteiger partial charge < -0.3 is 9.53 Å². The van der Waals surface area contributed by atoms with E-state index in [2.05, 4.69) is 53.8 Å². The quantitative estimate of drug-likeness (QED) is 0.268. The third-order valence-electron chi connectivity index (χ3n) is 9.13. The number of halogens is 4. The molecule has 0 spiro atoms. The molecule has 8 heteroatoms. The molecule has 0 aliphatic heterocycles. The first kappa shape index (κ1) is 31.9. The first-order chi connectivity index (χ1) is 18.7.